The number of hydrogen-bond acceptors (Lipinski definition) is 4. The molecule has 3 aromatic rings. The molecular formula is C19H22N2O3S2. The van der Waals surface area contributed by atoms with Gasteiger partial charge in [0.15, 0.2) is 0 Å². The highest BCUT2D eigenvalue weighted by atomic mass is 32.2. The highest BCUT2D eigenvalue weighted by molar-refractivity contribution is 7.89. The van der Waals surface area contributed by atoms with Crippen LogP contribution in [-0.2, 0) is 16.6 Å². The molecule has 0 saturated carbocycles. The van der Waals surface area contributed by atoms with Gasteiger partial charge in [-0.05, 0) is 37.1 Å². The molecule has 0 spiro atoms. The first kappa shape index (κ1) is 18.8. The van der Waals surface area contributed by atoms with Crippen LogP contribution in [-0.4, -0.2) is 19.0 Å². The number of rotatable bonds is 7. The summed E-state index contributed by atoms with van der Waals surface area (Å²) in [6.45, 7) is 4.34. The van der Waals surface area contributed by atoms with Gasteiger partial charge in [0.2, 0.25) is 10.0 Å². The number of aromatic nitrogens is 1. The minimum absolute atomic E-state index is 0.0919. The summed E-state index contributed by atoms with van der Waals surface area (Å²) in [7, 11) is -3.59. The van der Waals surface area contributed by atoms with Crippen LogP contribution in [0.2, 0.25) is 0 Å². The van der Waals surface area contributed by atoms with E-state index >= 15 is 0 Å². The summed E-state index contributed by atoms with van der Waals surface area (Å²) in [6, 6.07) is 14.5. The number of nitrogens with one attached hydrogen (secondary N) is 1. The number of thiazole rings is 1. The lowest BCUT2D eigenvalue weighted by Gasteiger charge is -2.13. The summed E-state index contributed by atoms with van der Waals surface area (Å²) in [6.07, 6.45) is 1.69. The lowest BCUT2D eigenvalue weighted by molar-refractivity contribution is 0.544. The van der Waals surface area contributed by atoms with E-state index in [2.05, 4.69) is 4.72 Å². The first-order chi connectivity index (χ1) is 12.4. The Kier molecular flexibility index (Phi) is 5.60. The van der Waals surface area contributed by atoms with E-state index in [1.165, 1.54) is 0 Å². The molecule has 2 aromatic carbocycles. The molecule has 0 aliphatic rings. The van der Waals surface area contributed by atoms with Crippen molar-refractivity contribution in [2.24, 2.45) is 0 Å². The molecule has 0 bridgehead atoms. The van der Waals surface area contributed by atoms with Crippen molar-refractivity contribution < 1.29 is 8.42 Å². The SMILES string of the molecule is CCC[C@@H](C)NS(=O)(=O)c1ccc2c(c1)sc(=O)n2Cc1ccccc1. The van der Waals surface area contributed by atoms with Crippen LogP contribution in [0.1, 0.15) is 32.3 Å². The fraction of sp³-hybridized carbons (Fsp3) is 0.316. The molecule has 3 rings (SSSR count). The minimum atomic E-state index is -3.59. The fourth-order valence-corrected chi connectivity index (χ4v) is 5.26. The Labute approximate surface area is 157 Å². The normalized spacial score (nSPS) is 13.2. The molecule has 26 heavy (non-hydrogen) atoms. The number of benzene rings is 2. The largest absolute Gasteiger partial charge is 0.308 e. The second-order valence-corrected chi connectivity index (χ2v) is 9.09. The van der Waals surface area contributed by atoms with Crippen LogP contribution in [0.3, 0.4) is 0 Å². The second-order valence-electron chi connectivity index (χ2n) is 6.38. The van der Waals surface area contributed by atoms with Crippen LogP contribution in [0.15, 0.2) is 58.2 Å². The first-order valence-electron chi connectivity index (χ1n) is 8.60. The Morgan fingerprint density at radius 2 is 1.88 bits per heavy atom. The van der Waals surface area contributed by atoms with Gasteiger partial charge in [-0.3, -0.25) is 9.36 Å². The first-order valence-corrected chi connectivity index (χ1v) is 10.9. The van der Waals surface area contributed by atoms with Crippen LogP contribution in [0.4, 0.5) is 0 Å². The van der Waals surface area contributed by atoms with Crippen LogP contribution >= 0.6 is 11.3 Å². The summed E-state index contributed by atoms with van der Waals surface area (Å²) in [5.74, 6) is 0. The highest BCUT2D eigenvalue weighted by Crippen LogP contribution is 2.23. The van der Waals surface area contributed by atoms with E-state index in [1.54, 1.807) is 22.8 Å². The van der Waals surface area contributed by atoms with Crippen molar-refractivity contribution in [3.8, 4) is 0 Å². The van der Waals surface area contributed by atoms with Gasteiger partial charge in [-0.2, -0.15) is 0 Å². The summed E-state index contributed by atoms with van der Waals surface area (Å²) in [5, 5.41) is 0. The Hall–Kier alpha value is -1.96. The van der Waals surface area contributed by atoms with Gasteiger partial charge in [0.25, 0.3) is 0 Å². The van der Waals surface area contributed by atoms with E-state index < -0.39 is 10.0 Å². The Morgan fingerprint density at radius 1 is 1.15 bits per heavy atom. The fourth-order valence-electron chi connectivity index (χ4n) is 2.95. The van der Waals surface area contributed by atoms with Crippen molar-refractivity contribution in [2.45, 2.75) is 44.2 Å². The molecule has 0 aliphatic carbocycles. The molecule has 1 aromatic heterocycles. The van der Waals surface area contributed by atoms with Crippen LogP contribution in [0, 0.1) is 0 Å². The van der Waals surface area contributed by atoms with E-state index in [0.29, 0.717) is 11.2 Å². The van der Waals surface area contributed by atoms with Gasteiger partial charge in [0.05, 0.1) is 21.7 Å². The average molecular weight is 391 g/mol. The average Bonchev–Trinajstić information content (AvgIpc) is 2.90. The topological polar surface area (TPSA) is 68.2 Å². The molecule has 0 saturated heterocycles. The van der Waals surface area contributed by atoms with Crippen LogP contribution in [0.25, 0.3) is 10.2 Å². The zero-order valence-electron chi connectivity index (χ0n) is 14.8. The molecule has 138 valence electrons. The van der Waals surface area contributed by atoms with Gasteiger partial charge in [-0.1, -0.05) is 55.0 Å². The van der Waals surface area contributed by atoms with E-state index in [0.717, 1.165) is 35.3 Å². The molecule has 0 aliphatic heterocycles. The van der Waals surface area contributed by atoms with Crippen molar-refractivity contribution in [2.75, 3.05) is 0 Å². The van der Waals surface area contributed by atoms with E-state index in [4.69, 9.17) is 0 Å². The number of nitrogens with zero attached hydrogens (tertiary/aromatic N) is 1. The van der Waals surface area contributed by atoms with E-state index in [1.807, 2.05) is 44.2 Å². The van der Waals surface area contributed by atoms with Gasteiger partial charge in [0.1, 0.15) is 0 Å². The van der Waals surface area contributed by atoms with Gasteiger partial charge in [-0.25, -0.2) is 13.1 Å². The molecule has 5 nitrogen and oxygen atoms in total. The Bertz CT molecular complexity index is 1050. The molecule has 0 fully saturated rings. The molecular weight excluding hydrogens is 368 g/mol. The summed E-state index contributed by atoms with van der Waals surface area (Å²) >= 11 is 1.07. The molecule has 1 N–H and O–H groups in total. The van der Waals surface area contributed by atoms with Gasteiger partial charge < -0.3 is 0 Å². The van der Waals surface area contributed by atoms with Crippen molar-refractivity contribution in [1.29, 1.82) is 0 Å². The summed E-state index contributed by atoms with van der Waals surface area (Å²) in [4.78, 5) is 12.5. The predicted octanol–water partition coefficient (Wildman–Crippen LogP) is 3.58. The van der Waals surface area contributed by atoms with Crippen molar-refractivity contribution in [3.63, 3.8) is 0 Å². The van der Waals surface area contributed by atoms with Gasteiger partial charge in [-0.15, -0.1) is 0 Å². The molecule has 7 heteroatoms. The van der Waals surface area contributed by atoms with Crippen LogP contribution < -0.4 is 9.60 Å². The quantitative estimate of drug-likeness (QED) is 0.670. The number of sulfonamides is 1. The Morgan fingerprint density at radius 3 is 2.58 bits per heavy atom. The number of fused-ring (bicyclic) bond motifs is 1. The second kappa shape index (κ2) is 7.73. The third-order valence-corrected chi connectivity index (χ3v) is 6.74. The summed E-state index contributed by atoms with van der Waals surface area (Å²) < 4.78 is 30.2. The number of hydrogen-bond donors (Lipinski definition) is 1. The molecule has 1 atom stereocenters. The van der Waals surface area contributed by atoms with Crippen LogP contribution in [0.5, 0.6) is 0 Å². The standard InChI is InChI=1S/C19H22N2O3S2/c1-3-7-14(2)20-26(23,24)16-10-11-17-18(12-16)25-19(22)21(17)13-15-8-5-4-6-9-15/h4-6,8-12,14,20H,3,7,13H2,1-2H3/t14-/m1/s1. The maximum atomic E-state index is 12.6. The smallest absolute Gasteiger partial charge is 0.294 e. The molecule has 1 heterocycles. The predicted molar refractivity (Wildman–Crippen MR) is 106 cm³/mol. The molecule has 0 radical (unpaired) electrons. The zero-order valence-corrected chi connectivity index (χ0v) is 16.4. The lowest BCUT2D eigenvalue weighted by Crippen LogP contribution is -2.32. The monoisotopic (exact) mass is 390 g/mol. The van der Waals surface area contributed by atoms with Crippen molar-refractivity contribution >= 4 is 31.6 Å². The summed E-state index contributed by atoms with van der Waals surface area (Å²) in [5.41, 5.74) is 1.78. The minimum Gasteiger partial charge on any atom is -0.294 e. The van der Waals surface area contributed by atoms with Gasteiger partial charge >= 0.3 is 4.87 Å². The molecule has 0 unspecified atom stereocenters. The zero-order chi connectivity index (χ0) is 18.7. The van der Waals surface area contributed by atoms with Gasteiger partial charge in [0, 0.05) is 6.04 Å². The van der Waals surface area contributed by atoms with Crippen molar-refractivity contribution in [1.82, 2.24) is 9.29 Å². The van der Waals surface area contributed by atoms with Crippen molar-refractivity contribution in [3.05, 3.63) is 63.8 Å². The van der Waals surface area contributed by atoms with E-state index in [-0.39, 0.29) is 15.8 Å². The Balaban J connectivity index is 1.94. The maximum Gasteiger partial charge on any atom is 0.308 e. The van der Waals surface area contributed by atoms with E-state index in [9.17, 15) is 13.2 Å². The highest BCUT2D eigenvalue weighted by Gasteiger charge is 2.19. The third-order valence-electron chi connectivity index (χ3n) is 4.21. The maximum absolute atomic E-state index is 12.6. The third kappa shape index (κ3) is 4.06. The lowest BCUT2D eigenvalue weighted by atomic mass is 10.2. The molecule has 0 amide bonds.